The summed E-state index contributed by atoms with van der Waals surface area (Å²) in [7, 11) is 0. The van der Waals surface area contributed by atoms with E-state index < -0.39 is 11.4 Å². The number of aliphatic hydroxyl groups is 1. The van der Waals surface area contributed by atoms with Crippen LogP contribution in [-0.4, -0.2) is 53.0 Å². The highest BCUT2D eigenvalue weighted by Gasteiger charge is 2.30. The highest BCUT2D eigenvalue weighted by Crippen LogP contribution is 2.26. The summed E-state index contributed by atoms with van der Waals surface area (Å²) >= 11 is 0. The highest BCUT2D eigenvalue weighted by atomic mass is 19.1. The number of hydrogen-bond donors (Lipinski definition) is 1. The van der Waals surface area contributed by atoms with Crippen LogP contribution in [0.5, 0.6) is 0 Å². The Morgan fingerprint density at radius 2 is 1.88 bits per heavy atom. The van der Waals surface area contributed by atoms with Gasteiger partial charge in [0, 0.05) is 36.8 Å². The molecule has 4 nitrogen and oxygen atoms in total. The van der Waals surface area contributed by atoms with Crippen LogP contribution >= 0.6 is 0 Å². The van der Waals surface area contributed by atoms with Crippen LogP contribution in [-0.2, 0) is 5.60 Å². The Bertz CT molecular complexity index is 648. The number of amides is 1. The second kappa shape index (κ2) is 7.65. The number of carbonyl (C=O) groups excluding carboxylic acids is 1. The van der Waals surface area contributed by atoms with Crippen molar-refractivity contribution in [3.63, 3.8) is 0 Å². The van der Waals surface area contributed by atoms with Crippen molar-refractivity contribution in [1.29, 1.82) is 0 Å². The number of piperidine rings is 2. The van der Waals surface area contributed by atoms with Crippen molar-refractivity contribution in [2.24, 2.45) is 5.92 Å². The van der Waals surface area contributed by atoms with E-state index in [1.54, 1.807) is 19.9 Å². The highest BCUT2D eigenvalue weighted by molar-refractivity contribution is 5.94. The molecule has 1 aromatic rings. The minimum atomic E-state index is -1.25. The van der Waals surface area contributed by atoms with Crippen molar-refractivity contribution in [2.75, 3.05) is 26.2 Å². The summed E-state index contributed by atoms with van der Waals surface area (Å²) < 4.78 is 14.3. The largest absolute Gasteiger partial charge is 0.386 e. The molecule has 2 saturated heterocycles. The van der Waals surface area contributed by atoms with E-state index in [0.717, 1.165) is 31.8 Å². The van der Waals surface area contributed by atoms with E-state index in [-0.39, 0.29) is 11.5 Å². The van der Waals surface area contributed by atoms with Crippen LogP contribution in [0.25, 0.3) is 0 Å². The van der Waals surface area contributed by atoms with Crippen LogP contribution in [0.4, 0.5) is 4.39 Å². The van der Waals surface area contributed by atoms with Gasteiger partial charge in [-0.15, -0.1) is 0 Å². The third kappa shape index (κ3) is 4.26. The average molecular weight is 362 g/mol. The summed E-state index contributed by atoms with van der Waals surface area (Å²) in [4.78, 5) is 17.2. The minimum absolute atomic E-state index is 0.114. The zero-order valence-corrected chi connectivity index (χ0v) is 16.2. The number of likely N-dealkylation sites (tertiary alicyclic amines) is 2. The normalized spacial score (nSPS) is 23.3. The first-order chi connectivity index (χ1) is 12.3. The van der Waals surface area contributed by atoms with Gasteiger partial charge in [-0.3, -0.25) is 9.69 Å². The monoisotopic (exact) mass is 362 g/mol. The molecule has 144 valence electrons. The molecule has 0 radical (unpaired) electrons. The lowest BCUT2D eigenvalue weighted by Gasteiger charge is -2.41. The number of carbonyl (C=O) groups is 1. The lowest BCUT2D eigenvalue weighted by atomic mass is 9.94. The summed E-state index contributed by atoms with van der Waals surface area (Å²) in [6.45, 7) is 9.19. The summed E-state index contributed by atoms with van der Waals surface area (Å²) in [5, 5.41) is 9.98. The molecule has 5 heteroatoms. The van der Waals surface area contributed by atoms with E-state index in [4.69, 9.17) is 0 Å². The molecule has 1 aromatic carbocycles. The van der Waals surface area contributed by atoms with Crippen molar-refractivity contribution in [3.8, 4) is 0 Å². The molecule has 0 spiro atoms. The maximum atomic E-state index is 14.3. The molecule has 3 rings (SSSR count). The van der Waals surface area contributed by atoms with Gasteiger partial charge in [-0.25, -0.2) is 4.39 Å². The first kappa shape index (κ1) is 19.3. The first-order valence-corrected chi connectivity index (χ1v) is 9.81. The Labute approximate surface area is 156 Å². The quantitative estimate of drug-likeness (QED) is 0.896. The van der Waals surface area contributed by atoms with Crippen molar-refractivity contribution < 1.29 is 14.3 Å². The summed E-state index contributed by atoms with van der Waals surface area (Å²) in [6, 6.07) is 4.96. The predicted octanol–water partition coefficient (Wildman–Crippen LogP) is 3.39. The molecule has 2 fully saturated rings. The van der Waals surface area contributed by atoms with Crippen molar-refractivity contribution in [3.05, 3.63) is 35.1 Å². The van der Waals surface area contributed by atoms with E-state index in [9.17, 15) is 14.3 Å². The van der Waals surface area contributed by atoms with Gasteiger partial charge in [-0.1, -0.05) is 13.0 Å². The molecule has 26 heavy (non-hydrogen) atoms. The van der Waals surface area contributed by atoms with E-state index in [1.807, 2.05) is 4.90 Å². The fourth-order valence-electron chi connectivity index (χ4n) is 4.32. The van der Waals surface area contributed by atoms with Gasteiger partial charge < -0.3 is 10.0 Å². The van der Waals surface area contributed by atoms with Crippen molar-refractivity contribution in [2.45, 2.75) is 58.1 Å². The van der Waals surface area contributed by atoms with Crippen LogP contribution in [0.3, 0.4) is 0 Å². The Hall–Kier alpha value is -1.46. The molecule has 0 bridgehead atoms. The molecule has 1 atom stereocenters. The molecule has 0 aliphatic carbocycles. The van der Waals surface area contributed by atoms with Crippen LogP contribution in [0.2, 0.25) is 0 Å². The van der Waals surface area contributed by atoms with Crippen LogP contribution in [0.15, 0.2) is 18.2 Å². The maximum absolute atomic E-state index is 14.3. The topological polar surface area (TPSA) is 43.8 Å². The first-order valence-electron chi connectivity index (χ1n) is 9.81. The number of halogens is 1. The van der Waals surface area contributed by atoms with Crippen molar-refractivity contribution >= 4 is 5.91 Å². The van der Waals surface area contributed by atoms with Gasteiger partial charge in [0.15, 0.2) is 0 Å². The van der Waals surface area contributed by atoms with E-state index >= 15 is 0 Å². The molecule has 2 aliphatic heterocycles. The van der Waals surface area contributed by atoms with Gasteiger partial charge in [-0.05, 0) is 64.1 Å². The standard InChI is InChI=1S/C21H31FN2O2/c1-15-5-4-10-24(14-15)17-8-11-23(12-9-17)20(25)16-6-7-18(19(22)13-16)21(2,3)26/h6-7,13,15,17,26H,4-5,8-12,14H2,1-3H3. The van der Waals surface area contributed by atoms with Gasteiger partial charge in [0.25, 0.3) is 5.91 Å². The van der Waals surface area contributed by atoms with E-state index in [2.05, 4.69) is 11.8 Å². The zero-order chi connectivity index (χ0) is 18.9. The minimum Gasteiger partial charge on any atom is -0.386 e. The molecule has 0 aromatic heterocycles. The van der Waals surface area contributed by atoms with Crippen LogP contribution < -0.4 is 0 Å². The smallest absolute Gasteiger partial charge is 0.253 e. The Kier molecular flexibility index (Phi) is 5.68. The second-order valence-corrected chi connectivity index (χ2v) is 8.52. The summed E-state index contributed by atoms with van der Waals surface area (Å²) in [5.74, 6) is 0.123. The van der Waals surface area contributed by atoms with Gasteiger partial charge in [0.1, 0.15) is 5.82 Å². The number of nitrogens with zero attached hydrogens (tertiary/aromatic N) is 2. The summed E-state index contributed by atoms with van der Waals surface area (Å²) in [5.41, 5.74) is -0.678. The zero-order valence-electron chi connectivity index (χ0n) is 16.2. The second-order valence-electron chi connectivity index (χ2n) is 8.52. The Balaban J connectivity index is 1.61. The lowest BCUT2D eigenvalue weighted by Crippen LogP contribution is -2.49. The molecule has 0 saturated carbocycles. The third-order valence-corrected chi connectivity index (χ3v) is 5.83. The molecule has 1 amide bonds. The number of benzene rings is 1. The number of hydrogen-bond acceptors (Lipinski definition) is 3. The molecule has 1 N–H and O–H groups in total. The maximum Gasteiger partial charge on any atom is 0.253 e. The molecule has 2 aliphatic rings. The average Bonchev–Trinajstić information content (AvgIpc) is 2.60. The van der Waals surface area contributed by atoms with Crippen LogP contribution in [0, 0.1) is 11.7 Å². The van der Waals surface area contributed by atoms with Crippen molar-refractivity contribution in [1.82, 2.24) is 9.80 Å². The molecular weight excluding hydrogens is 331 g/mol. The fraction of sp³-hybridized carbons (Fsp3) is 0.667. The molecule has 2 heterocycles. The SMILES string of the molecule is CC1CCCN(C2CCN(C(=O)c3ccc(C(C)(C)O)c(F)c3)CC2)C1. The summed E-state index contributed by atoms with van der Waals surface area (Å²) in [6.07, 6.45) is 4.57. The van der Waals surface area contributed by atoms with Gasteiger partial charge >= 0.3 is 0 Å². The van der Waals surface area contributed by atoms with E-state index in [1.165, 1.54) is 38.1 Å². The number of rotatable bonds is 3. The predicted molar refractivity (Wildman–Crippen MR) is 101 cm³/mol. The molecular formula is C21H31FN2O2. The van der Waals surface area contributed by atoms with Gasteiger partial charge in [-0.2, -0.15) is 0 Å². The lowest BCUT2D eigenvalue weighted by molar-refractivity contribution is 0.0539. The van der Waals surface area contributed by atoms with E-state index in [0.29, 0.717) is 11.6 Å². The van der Waals surface area contributed by atoms with Gasteiger partial charge in [0.05, 0.1) is 5.60 Å². The Morgan fingerprint density at radius 3 is 2.46 bits per heavy atom. The fourth-order valence-corrected chi connectivity index (χ4v) is 4.32. The third-order valence-electron chi connectivity index (χ3n) is 5.83. The Morgan fingerprint density at radius 1 is 1.19 bits per heavy atom. The van der Waals surface area contributed by atoms with Crippen LogP contribution in [0.1, 0.15) is 62.4 Å². The van der Waals surface area contributed by atoms with Gasteiger partial charge in [0.2, 0.25) is 0 Å². The molecule has 1 unspecified atom stereocenters.